The third-order valence-corrected chi connectivity index (χ3v) is 4.50. The maximum atomic E-state index is 12.3. The van der Waals surface area contributed by atoms with Crippen LogP contribution in [0.15, 0.2) is 34.9 Å². The number of aliphatic hydroxyl groups is 1. The van der Waals surface area contributed by atoms with E-state index >= 15 is 0 Å². The summed E-state index contributed by atoms with van der Waals surface area (Å²) < 4.78 is 5.44. The third-order valence-electron chi connectivity index (χ3n) is 4.25. The molecule has 1 amide bonds. The second-order valence-corrected chi connectivity index (χ2v) is 6.44. The van der Waals surface area contributed by atoms with Crippen LogP contribution in [0.4, 0.5) is 0 Å². The van der Waals surface area contributed by atoms with Crippen molar-refractivity contribution in [2.45, 2.75) is 25.9 Å². The van der Waals surface area contributed by atoms with Crippen LogP contribution < -0.4 is 0 Å². The summed E-state index contributed by atoms with van der Waals surface area (Å²) in [6.45, 7) is 3.07. The molecule has 2 aromatic rings. The van der Waals surface area contributed by atoms with Gasteiger partial charge in [0.1, 0.15) is 6.26 Å². The van der Waals surface area contributed by atoms with E-state index in [-0.39, 0.29) is 18.2 Å². The Balaban J connectivity index is 1.65. The van der Waals surface area contributed by atoms with Crippen molar-refractivity contribution in [3.05, 3.63) is 41.2 Å². The van der Waals surface area contributed by atoms with Crippen molar-refractivity contribution in [3.63, 3.8) is 0 Å². The number of benzene rings is 1. The van der Waals surface area contributed by atoms with E-state index < -0.39 is 6.10 Å². The Morgan fingerprint density at radius 1 is 1.43 bits per heavy atom. The van der Waals surface area contributed by atoms with Crippen molar-refractivity contribution < 1.29 is 14.3 Å². The molecule has 0 bridgehead atoms. The lowest BCUT2D eigenvalue weighted by Gasteiger charge is -2.34. The Labute approximate surface area is 139 Å². The lowest BCUT2D eigenvalue weighted by Crippen LogP contribution is -2.46. The van der Waals surface area contributed by atoms with Gasteiger partial charge in [0.25, 0.3) is 0 Å². The number of nitrogens with zero attached hydrogens (tertiary/aromatic N) is 2. The van der Waals surface area contributed by atoms with Gasteiger partial charge in [0, 0.05) is 23.7 Å². The number of β-amino-alcohol motifs (C(OH)–C–C–N with tert-alkyl or cyclic N) is 1. The molecule has 1 saturated heterocycles. The number of hydrogen-bond donors (Lipinski definition) is 1. The second-order valence-electron chi connectivity index (χ2n) is 6.00. The Morgan fingerprint density at radius 2 is 2.17 bits per heavy atom. The molecule has 1 aromatic heterocycles. The van der Waals surface area contributed by atoms with Crippen molar-refractivity contribution >= 4 is 17.5 Å². The summed E-state index contributed by atoms with van der Waals surface area (Å²) in [5, 5.41) is 10.5. The number of hydrogen-bond acceptors (Lipinski definition) is 4. The summed E-state index contributed by atoms with van der Waals surface area (Å²) in [7, 11) is 0. The number of aromatic nitrogens is 1. The predicted octanol–water partition coefficient (Wildman–Crippen LogP) is 2.77. The van der Waals surface area contributed by atoms with E-state index in [0.717, 1.165) is 12.0 Å². The highest BCUT2D eigenvalue weighted by Gasteiger charge is 2.27. The van der Waals surface area contributed by atoms with Crippen LogP contribution in [0.5, 0.6) is 0 Å². The summed E-state index contributed by atoms with van der Waals surface area (Å²) in [6.07, 6.45) is 2.06. The summed E-state index contributed by atoms with van der Waals surface area (Å²) >= 11 is 5.86. The van der Waals surface area contributed by atoms with Crippen molar-refractivity contribution in [1.29, 1.82) is 0 Å². The first kappa shape index (κ1) is 16.0. The zero-order chi connectivity index (χ0) is 16.4. The maximum Gasteiger partial charge on any atom is 0.228 e. The first-order chi connectivity index (χ1) is 11.0. The lowest BCUT2D eigenvalue weighted by molar-refractivity contribution is -0.134. The molecule has 1 fully saturated rings. The fourth-order valence-electron chi connectivity index (χ4n) is 2.66. The van der Waals surface area contributed by atoms with Crippen LogP contribution in [0.25, 0.3) is 11.5 Å². The molecule has 6 heteroatoms. The van der Waals surface area contributed by atoms with Crippen LogP contribution in [-0.4, -0.2) is 40.1 Å². The van der Waals surface area contributed by atoms with Gasteiger partial charge in [-0.2, -0.15) is 0 Å². The molecule has 0 spiro atoms. The molecule has 1 aromatic carbocycles. The Kier molecular flexibility index (Phi) is 4.68. The molecule has 0 radical (unpaired) electrons. The fraction of sp³-hybridized carbons (Fsp3) is 0.412. The fourth-order valence-corrected chi connectivity index (χ4v) is 2.78. The van der Waals surface area contributed by atoms with Crippen molar-refractivity contribution in [2.24, 2.45) is 5.92 Å². The quantitative estimate of drug-likeness (QED) is 0.937. The predicted molar refractivity (Wildman–Crippen MR) is 87.0 cm³/mol. The molecule has 1 aliphatic rings. The number of halogens is 1. The molecular weight excluding hydrogens is 316 g/mol. The molecule has 2 heterocycles. The summed E-state index contributed by atoms with van der Waals surface area (Å²) in [6, 6.07) is 7.18. The van der Waals surface area contributed by atoms with Crippen molar-refractivity contribution in [3.8, 4) is 11.5 Å². The van der Waals surface area contributed by atoms with E-state index in [1.54, 1.807) is 17.0 Å². The van der Waals surface area contributed by atoms with Gasteiger partial charge >= 0.3 is 0 Å². The van der Waals surface area contributed by atoms with Gasteiger partial charge in [-0.15, -0.1) is 0 Å². The van der Waals surface area contributed by atoms with E-state index in [1.807, 2.05) is 19.1 Å². The van der Waals surface area contributed by atoms with Crippen LogP contribution >= 0.6 is 11.6 Å². The van der Waals surface area contributed by atoms with Gasteiger partial charge in [-0.1, -0.05) is 18.5 Å². The Hall–Kier alpha value is -1.85. The molecule has 23 heavy (non-hydrogen) atoms. The number of likely N-dealkylation sites (tertiary alicyclic amines) is 1. The normalized spacial score (nSPS) is 21.4. The van der Waals surface area contributed by atoms with Gasteiger partial charge in [-0.3, -0.25) is 4.79 Å². The van der Waals surface area contributed by atoms with E-state index in [4.69, 9.17) is 16.0 Å². The summed E-state index contributed by atoms with van der Waals surface area (Å²) in [4.78, 5) is 18.4. The number of carbonyl (C=O) groups is 1. The number of piperidine rings is 1. The minimum absolute atomic E-state index is 0.0353. The molecular formula is C17H19ClN2O3. The monoisotopic (exact) mass is 334 g/mol. The number of oxazole rings is 1. The first-order valence-corrected chi connectivity index (χ1v) is 8.07. The first-order valence-electron chi connectivity index (χ1n) is 7.69. The molecule has 3 rings (SSSR count). The zero-order valence-corrected chi connectivity index (χ0v) is 13.7. The van der Waals surface area contributed by atoms with Gasteiger partial charge in [-0.05, 0) is 36.6 Å². The number of carbonyl (C=O) groups excluding carboxylic acids is 1. The van der Waals surface area contributed by atoms with E-state index in [2.05, 4.69) is 4.98 Å². The van der Waals surface area contributed by atoms with Crippen molar-refractivity contribution in [1.82, 2.24) is 9.88 Å². The smallest absolute Gasteiger partial charge is 0.228 e. The average Bonchev–Trinajstić information content (AvgIpc) is 2.99. The van der Waals surface area contributed by atoms with Gasteiger partial charge in [-0.25, -0.2) is 4.98 Å². The number of aliphatic hydroxyl groups excluding tert-OH is 1. The minimum Gasteiger partial charge on any atom is -0.444 e. The molecule has 2 atom stereocenters. The number of amides is 1. The number of rotatable bonds is 3. The average molecular weight is 335 g/mol. The van der Waals surface area contributed by atoms with Gasteiger partial charge in [0.05, 0.1) is 18.2 Å². The van der Waals surface area contributed by atoms with Gasteiger partial charge in [0.2, 0.25) is 11.8 Å². The topological polar surface area (TPSA) is 66.6 Å². The zero-order valence-electron chi connectivity index (χ0n) is 12.9. The second kappa shape index (κ2) is 6.72. The Bertz CT molecular complexity index is 683. The molecule has 1 aliphatic heterocycles. The van der Waals surface area contributed by atoms with Crippen LogP contribution in [-0.2, 0) is 11.2 Å². The summed E-state index contributed by atoms with van der Waals surface area (Å²) in [5.74, 6) is 0.672. The van der Waals surface area contributed by atoms with E-state index in [9.17, 15) is 9.90 Å². The van der Waals surface area contributed by atoms with Crippen LogP contribution in [0, 0.1) is 5.92 Å². The van der Waals surface area contributed by atoms with E-state index in [1.165, 1.54) is 6.26 Å². The molecule has 5 nitrogen and oxygen atoms in total. The Morgan fingerprint density at radius 3 is 2.87 bits per heavy atom. The minimum atomic E-state index is -0.449. The largest absolute Gasteiger partial charge is 0.444 e. The lowest BCUT2D eigenvalue weighted by atomic mass is 9.96. The standard InChI is InChI=1S/C17H19ClN2O3/c1-11-6-7-20(9-15(11)21)16(22)8-14-10-23-17(19-14)12-2-4-13(18)5-3-12/h2-5,10-11,15,21H,6-9H2,1H3. The van der Waals surface area contributed by atoms with E-state index in [0.29, 0.717) is 29.7 Å². The van der Waals surface area contributed by atoms with Crippen molar-refractivity contribution in [2.75, 3.05) is 13.1 Å². The SMILES string of the molecule is CC1CCN(C(=O)Cc2coc(-c3ccc(Cl)cc3)n2)CC1O. The molecule has 0 aliphatic carbocycles. The summed E-state index contributed by atoms with van der Waals surface area (Å²) in [5.41, 5.74) is 1.41. The molecule has 122 valence electrons. The highest BCUT2D eigenvalue weighted by Crippen LogP contribution is 2.22. The molecule has 1 N–H and O–H groups in total. The van der Waals surface area contributed by atoms with Crippen LogP contribution in [0.2, 0.25) is 5.02 Å². The third kappa shape index (κ3) is 3.74. The van der Waals surface area contributed by atoms with Crippen LogP contribution in [0.1, 0.15) is 19.0 Å². The van der Waals surface area contributed by atoms with Gasteiger partial charge in [0.15, 0.2) is 0 Å². The molecule has 2 unspecified atom stereocenters. The maximum absolute atomic E-state index is 12.3. The highest BCUT2D eigenvalue weighted by atomic mass is 35.5. The van der Waals surface area contributed by atoms with Crippen LogP contribution in [0.3, 0.4) is 0 Å². The highest BCUT2D eigenvalue weighted by molar-refractivity contribution is 6.30. The van der Waals surface area contributed by atoms with Gasteiger partial charge < -0.3 is 14.4 Å². The molecule has 0 saturated carbocycles.